The molecule has 0 bridgehead atoms. The van der Waals surface area contributed by atoms with E-state index in [1.165, 1.54) is 0 Å². The molecule has 5 rings (SSSR count). The zero-order chi connectivity index (χ0) is 18.4. The fraction of sp³-hybridized carbons (Fsp3) is 0.238. The number of aryl methyl sites for hydroxylation is 1. The summed E-state index contributed by atoms with van der Waals surface area (Å²) >= 11 is 0. The monoisotopic (exact) mass is 358 g/mol. The van der Waals surface area contributed by atoms with Crippen LogP contribution in [0.4, 0.5) is 0 Å². The van der Waals surface area contributed by atoms with Crippen LogP contribution in [0.3, 0.4) is 0 Å². The molecule has 27 heavy (non-hydrogen) atoms. The first-order chi connectivity index (χ1) is 13.2. The number of fused-ring (bicyclic) bond motifs is 2. The van der Waals surface area contributed by atoms with Gasteiger partial charge in [0.25, 0.3) is 5.91 Å². The lowest BCUT2D eigenvalue weighted by atomic mass is 9.87. The minimum Gasteiger partial charge on any atom is -0.360 e. The molecular formula is C21H18N4O2. The average Bonchev–Trinajstić information content (AvgIpc) is 3.06. The molecular weight excluding hydrogens is 340 g/mol. The van der Waals surface area contributed by atoms with Crippen LogP contribution in [0.25, 0.3) is 11.4 Å². The van der Waals surface area contributed by atoms with Gasteiger partial charge in [-0.05, 0) is 18.6 Å². The van der Waals surface area contributed by atoms with E-state index >= 15 is 0 Å². The van der Waals surface area contributed by atoms with Crippen molar-refractivity contribution >= 4 is 5.91 Å². The molecule has 0 unspecified atom stereocenters. The summed E-state index contributed by atoms with van der Waals surface area (Å²) in [6.07, 6.45) is 3.50. The van der Waals surface area contributed by atoms with Crippen LogP contribution < -0.4 is 0 Å². The molecule has 6 heteroatoms. The molecule has 6 nitrogen and oxygen atoms in total. The molecule has 1 amide bonds. The molecule has 4 heterocycles. The van der Waals surface area contributed by atoms with E-state index in [1.54, 1.807) is 11.1 Å². The normalized spacial score (nSPS) is 16.9. The van der Waals surface area contributed by atoms with Crippen LogP contribution in [-0.2, 0) is 16.9 Å². The maximum absolute atomic E-state index is 12.7. The van der Waals surface area contributed by atoms with Gasteiger partial charge in [0.1, 0.15) is 11.3 Å². The molecule has 1 fully saturated rings. The van der Waals surface area contributed by atoms with Gasteiger partial charge in [-0.2, -0.15) is 0 Å². The number of ether oxygens (including phenoxy) is 1. The molecule has 0 aliphatic carbocycles. The van der Waals surface area contributed by atoms with Gasteiger partial charge < -0.3 is 9.64 Å². The summed E-state index contributed by atoms with van der Waals surface area (Å²) in [6, 6.07) is 13.6. The van der Waals surface area contributed by atoms with E-state index in [0.717, 1.165) is 22.4 Å². The fourth-order valence-electron chi connectivity index (χ4n) is 3.75. The van der Waals surface area contributed by atoms with Gasteiger partial charge in [-0.15, -0.1) is 0 Å². The number of amides is 1. The predicted molar refractivity (Wildman–Crippen MR) is 98.8 cm³/mol. The van der Waals surface area contributed by atoms with Crippen LogP contribution in [0, 0.1) is 6.92 Å². The van der Waals surface area contributed by atoms with Crippen molar-refractivity contribution in [3.8, 4) is 11.4 Å². The quantitative estimate of drug-likeness (QED) is 0.705. The van der Waals surface area contributed by atoms with E-state index in [0.29, 0.717) is 31.2 Å². The third-order valence-corrected chi connectivity index (χ3v) is 5.27. The second kappa shape index (κ2) is 5.96. The van der Waals surface area contributed by atoms with Crippen LogP contribution >= 0.6 is 0 Å². The highest BCUT2D eigenvalue weighted by molar-refractivity contribution is 5.94. The van der Waals surface area contributed by atoms with Crippen molar-refractivity contribution in [2.45, 2.75) is 19.1 Å². The highest BCUT2D eigenvalue weighted by Gasteiger charge is 2.53. The molecule has 2 aromatic heterocycles. The van der Waals surface area contributed by atoms with Gasteiger partial charge in [-0.3, -0.25) is 9.78 Å². The molecule has 0 atom stereocenters. The molecule has 0 saturated carbocycles. The van der Waals surface area contributed by atoms with Gasteiger partial charge in [-0.1, -0.05) is 36.4 Å². The van der Waals surface area contributed by atoms with Crippen molar-refractivity contribution in [2.24, 2.45) is 0 Å². The van der Waals surface area contributed by atoms with Crippen LogP contribution in [0.5, 0.6) is 0 Å². The van der Waals surface area contributed by atoms with E-state index in [4.69, 9.17) is 9.72 Å². The van der Waals surface area contributed by atoms with Crippen LogP contribution in [0.15, 0.2) is 54.9 Å². The van der Waals surface area contributed by atoms with Gasteiger partial charge in [0.15, 0.2) is 5.82 Å². The summed E-state index contributed by atoms with van der Waals surface area (Å²) in [4.78, 5) is 27.9. The Kier molecular flexibility index (Phi) is 3.55. The van der Waals surface area contributed by atoms with Crippen molar-refractivity contribution in [1.82, 2.24) is 19.9 Å². The van der Waals surface area contributed by atoms with E-state index in [1.807, 2.05) is 55.6 Å². The third-order valence-electron chi connectivity index (χ3n) is 5.27. The Balaban J connectivity index is 1.38. The van der Waals surface area contributed by atoms with E-state index < -0.39 is 5.60 Å². The van der Waals surface area contributed by atoms with Crippen molar-refractivity contribution in [2.75, 3.05) is 13.1 Å². The molecule has 2 aliphatic rings. The van der Waals surface area contributed by atoms with Crippen LogP contribution in [0.2, 0.25) is 0 Å². The zero-order valence-corrected chi connectivity index (χ0v) is 14.9. The second-order valence-corrected chi connectivity index (χ2v) is 7.03. The van der Waals surface area contributed by atoms with Gasteiger partial charge in [0, 0.05) is 23.5 Å². The lowest BCUT2D eigenvalue weighted by molar-refractivity contribution is -0.126. The zero-order valence-electron chi connectivity index (χ0n) is 14.9. The summed E-state index contributed by atoms with van der Waals surface area (Å²) in [5.41, 5.74) is 3.78. The number of hydrogen-bond donors (Lipinski definition) is 0. The number of pyridine rings is 1. The van der Waals surface area contributed by atoms with E-state index in [2.05, 4.69) is 9.97 Å². The predicted octanol–water partition coefficient (Wildman–Crippen LogP) is 2.73. The maximum atomic E-state index is 12.7. The number of likely N-dealkylation sites (tertiary alicyclic amines) is 1. The molecule has 0 radical (unpaired) electrons. The Hall–Kier alpha value is -3.12. The maximum Gasteiger partial charge on any atom is 0.272 e. The van der Waals surface area contributed by atoms with Gasteiger partial charge in [0.2, 0.25) is 0 Å². The van der Waals surface area contributed by atoms with Crippen molar-refractivity contribution < 1.29 is 9.53 Å². The number of nitrogens with zero attached hydrogens (tertiary/aromatic N) is 4. The fourth-order valence-corrected chi connectivity index (χ4v) is 3.75. The summed E-state index contributed by atoms with van der Waals surface area (Å²) in [5.74, 6) is 0.643. The molecule has 1 spiro atoms. The number of hydrogen-bond acceptors (Lipinski definition) is 5. The first-order valence-corrected chi connectivity index (χ1v) is 8.93. The Morgan fingerprint density at radius 2 is 1.93 bits per heavy atom. The Morgan fingerprint density at radius 1 is 1.11 bits per heavy atom. The Morgan fingerprint density at radius 3 is 2.70 bits per heavy atom. The largest absolute Gasteiger partial charge is 0.360 e. The minimum atomic E-state index is -0.483. The van der Waals surface area contributed by atoms with Gasteiger partial charge >= 0.3 is 0 Å². The van der Waals surface area contributed by atoms with Crippen LogP contribution in [0.1, 0.15) is 27.3 Å². The van der Waals surface area contributed by atoms with E-state index in [9.17, 15) is 4.79 Å². The van der Waals surface area contributed by atoms with Crippen molar-refractivity contribution in [3.63, 3.8) is 0 Å². The standard InChI is InChI=1S/C21H18N4O2/c1-14-6-5-9-22-18(14)20(26)25-12-21(13-25)16-10-23-19(24-17(16)11-27-21)15-7-3-2-4-8-15/h2-10H,11-13H2,1H3. The number of carbonyl (C=O) groups is 1. The van der Waals surface area contributed by atoms with Gasteiger partial charge in [-0.25, -0.2) is 9.97 Å². The molecule has 1 saturated heterocycles. The topological polar surface area (TPSA) is 68.2 Å². The number of carbonyl (C=O) groups excluding carboxylic acids is 1. The lowest BCUT2D eigenvalue weighted by Gasteiger charge is -2.47. The summed E-state index contributed by atoms with van der Waals surface area (Å²) < 4.78 is 6.07. The summed E-state index contributed by atoms with van der Waals surface area (Å²) in [5, 5.41) is 0. The Bertz CT molecular complexity index is 1030. The van der Waals surface area contributed by atoms with Crippen molar-refractivity contribution in [1.29, 1.82) is 0 Å². The number of benzene rings is 1. The molecule has 3 aromatic rings. The highest BCUT2D eigenvalue weighted by atomic mass is 16.5. The lowest BCUT2D eigenvalue weighted by Crippen LogP contribution is -2.61. The summed E-state index contributed by atoms with van der Waals surface area (Å²) in [7, 11) is 0. The molecule has 1 aromatic carbocycles. The van der Waals surface area contributed by atoms with Crippen molar-refractivity contribution in [3.05, 3.63) is 77.4 Å². The number of aromatic nitrogens is 3. The molecule has 0 N–H and O–H groups in total. The highest BCUT2D eigenvalue weighted by Crippen LogP contribution is 2.43. The average molecular weight is 358 g/mol. The summed E-state index contributed by atoms with van der Waals surface area (Å²) in [6.45, 7) is 3.35. The minimum absolute atomic E-state index is 0.0578. The third kappa shape index (κ3) is 2.52. The SMILES string of the molecule is Cc1cccnc1C(=O)N1CC2(C1)OCc1nc(-c3ccccc3)ncc12. The Labute approximate surface area is 156 Å². The first-order valence-electron chi connectivity index (χ1n) is 8.93. The smallest absolute Gasteiger partial charge is 0.272 e. The first kappa shape index (κ1) is 16.1. The molecule has 2 aliphatic heterocycles. The second-order valence-electron chi connectivity index (χ2n) is 7.03. The van der Waals surface area contributed by atoms with E-state index in [-0.39, 0.29) is 5.91 Å². The number of rotatable bonds is 2. The van der Waals surface area contributed by atoms with Gasteiger partial charge in [0.05, 0.1) is 25.4 Å². The molecule has 134 valence electrons. The van der Waals surface area contributed by atoms with Crippen LogP contribution in [-0.4, -0.2) is 38.8 Å².